The molecule has 4 aromatic rings. The van der Waals surface area contributed by atoms with Crippen LogP contribution in [0.1, 0.15) is 44.1 Å². The van der Waals surface area contributed by atoms with E-state index in [2.05, 4.69) is 21.2 Å². The van der Waals surface area contributed by atoms with Gasteiger partial charge < -0.3 is 5.32 Å². The fourth-order valence-corrected chi connectivity index (χ4v) is 7.30. The molecule has 0 aromatic heterocycles. The van der Waals surface area contributed by atoms with E-state index in [0.29, 0.717) is 20.9 Å². The van der Waals surface area contributed by atoms with Crippen molar-refractivity contribution in [1.29, 1.82) is 0 Å². The molecule has 6 nitrogen and oxygen atoms in total. The van der Waals surface area contributed by atoms with Gasteiger partial charge in [-0.2, -0.15) is 13.2 Å². The Kier molecular flexibility index (Phi) is 8.82. The molecule has 0 saturated heterocycles. The van der Waals surface area contributed by atoms with E-state index in [1.54, 1.807) is 19.1 Å². The van der Waals surface area contributed by atoms with E-state index in [4.69, 9.17) is 11.6 Å². The average molecular weight is 728 g/mol. The second-order valence-electron chi connectivity index (χ2n) is 10.3. The molecule has 0 bridgehead atoms. The lowest BCUT2D eigenvalue weighted by molar-refractivity contribution is -0.137. The lowest BCUT2D eigenvalue weighted by atomic mass is 9.86. The number of hydrogen-bond acceptors (Lipinski definition) is 4. The molecule has 0 spiro atoms. The van der Waals surface area contributed by atoms with E-state index in [0.717, 1.165) is 17.7 Å². The molecular formula is C31H21BrClF5N2O4S. The number of rotatable bonds is 5. The Balaban J connectivity index is 1.67. The van der Waals surface area contributed by atoms with Gasteiger partial charge in [-0.15, -0.1) is 0 Å². The van der Waals surface area contributed by atoms with Gasteiger partial charge >= 0.3 is 6.18 Å². The topological polar surface area (TPSA) is 83.6 Å². The lowest BCUT2D eigenvalue weighted by Gasteiger charge is -2.27. The molecule has 1 heterocycles. The Bertz CT molecular complexity index is 1950. The first-order valence-electron chi connectivity index (χ1n) is 13.1. The lowest BCUT2D eigenvalue weighted by Crippen LogP contribution is -2.39. The number of nitrogens with zero attached hydrogens (tertiary/aromatic N) is 1. The predicted molar refractivity (Wildman–Crippen MR) is 161 cm³/mol. The van der Waals surface area contributed by atoms with Gasteiger partial charge in [0.1, 0.15) is 11.6 Å². The van der Waals surface area contributed by atoms with E-state index >= 15 is 0 Å². The molecule has 1 atom stereocenters. The summed E-state index contributed by atoms with van der Waals surface area (Å²) < 4.78 is 97.3. The summed E-state index contributed by atoms with van der Waals surface area (Å²) in [6.07, 6.45) is -5.42. The zero-order valence-electron chi connectivity index (χ0n) is 23.1. The molecule has 1 unspecified atom stereocenters. The maximum atomic E-state index is 14.6. The summed E-state index contributed by atoms with van der Waals surface area (Å²) in [5, 5.41) is 2.50. The van der Waals surface area contributed by atoms with Crippen molar-refractivity contribution in [3.63, 3.8) is 0 Å². The quantitative estimate of drug-likeness (QED) is 0.212. The monoisotopic (exact) mass is 726 g/mol. The highest BCUT2D eigenvalue weighted by Gasteiger charge is 2.39. The molecule has 0 saturated carbocycles. The van der Waals surface area contributed by atoms with Crippen LogP contribution >= 0.6 is 27.5 Å². The van der Waals surface area contributed by atoms with Crippen LogP contribution in [0.5, 0.6) is 0 Å². The van der Waals surface area contributed by atoms with Gasteiger partial charge in [-0.1, -0.05) is 45.2 Å². The predicted octanol–water partition coefficient (Wildman–Crippen LogP) is 7.87. The Morgan fingerprint density at radius 1 is 0.978 bits per heavy atom. The van der Waals surface area contributed by atoms with Crippen LogP contribution in [0, 0.1) is 18.6 Å². The molecule has 0 fully saturated rings. The van der Waals surface area contributed by atoms with Crippen LogP contribution < -0.4 is 5.32 Å². The number of halogens is 7. The van der Waals surface area contributed by atoms with Crippen LogP contribution in [-0.4, -0.2) is 31.1 Å². The highest BCUT2D eigenvalue weighted by Crippen LogP contribution is 2.42. The van der Waals surface area contributed by atoms with E-state index in [1.165, 1.54) is 30.3 Å². The third-order valence-corrected chi connectivity index (χ3v) is 9.83. The number of alkyl halides is 3. The molecule has 5 rings (SSSR count). The van der Waals surface area contributed by atoms with Gasteiger partial charge in [0.05, 0.1) is 16.9 Å². The van der Waals surface area contributed by atoms with E-state index < -0.39 is 69.7 Å². The number of carbonyl (C=O) groups is 2. The number of fused-ring (bicyclic) bond motifs is 1. The largest absolute Gasteiger partial charge is 0.416 e. The number of anilines is 1. The number of amides is 2. The van der Waals surface area contributed by atoms with Crippen LogP contribution in [0.2, 0.25) is 5.02 Å². The normalized spacial score (nSPS) is 15.4. The van der Waals surface area contributed by atoms with E-state index in [9.17, 15) is 40.0 Å². The summed E-state index contributed by atoms with van der Waals surface area (Å²) in [5.41, 5.74) is -0.820. The van der Waals surface area contributed by atoms with Gasteiger partial charge in [-0.25, -0.2) is 21.5 Å². The van der Waals surface area contributed by atoms with Gasteiger partial charge in [-0.3, -0.25) is 9.59 Å². The van der Waals surface area contributed by atoms with Crippen molar-refractivity contribution in [2.45, 2.75) is 30.3 Å². The number of benzene rings is 4. The van der Waals surface area contributed by atoms with Crippen molar-refractivity contribution in [2.24, 2.45) is 0 Å². The summed E-state index contributed by atoms with van der Waals surface area (Å²) in [6.45, 7) is 1.20. The average Bonchev–Trinajstić information content (AvgIpc) is 3.09. The maximum absolute atomic E-state index is 14.6. The third-order valence-electron chi connectivity index (χ3n) is 7.23. The Hall–Kier alpha value is -3.81. The maximum Gasteiger partial charge on any atom is 0.416 e. The summed E-state index contributed by atoms with van der Waals surface area (Å²) in [4.78, 5) is 26.7. The number of hydrogen-bond donors (Lipinski definition) is 1. The first-order chi connectivity index (χ1) is 21.0. The van der Waals surface area contributed by atoms with Gasteiger partial charge in [0.25, 0.3) is 15.9 Å². The standard InChI is InChI=1S/C31H21BrClF5N2O4S/c1-16-2-5-23(6-3-16)45(43,44)40-15-25(24-14-21(34)4-7-26(24)33)29-17(11-28(40)41)9-20(32)13-27(29)39-30(42)18-8-19(31(36,37)38)12-22(35)10-18/h2-10,12-14,25H,11,15H2,1H3,(H,39,42). The zero-order chi connectivity index (χ0) is 32.8. The number of sulfonamides is 1. The van der Waals surface area contributed by atoms with Crippen molar-refractivity contribution in [3.05, 3.63) is 127 Å². The first kappa shape index (κ1) is 32.6. The second kappa shape index (κ2) is 12.2. The molecule has 45 heavy (non-hydrogen) atoms. The van der Waals surface area contributed by atoms with Crippen molar-refractivity contribution in [3.8, 4) is 0 Å². The highest BCUT2D eigenvalue weighted by molar-refractivity contribution is 9.10. The van der Waals surface area contributed by atoms with Gasteiger partial charge in [0, 0.05) is 33.2 Å². The number of aryl methyl sites for hydroxylation is 1. The minimum absolute atomic E-state index is 0.0227. The minimum atomic E-state index is -4.93. The van der Waals surface area contributed by atoms with Gasteiger partial charge in [0.2, 0.25) is 5.91 Å². The van der Waals surface area contributed by atoms with Crippen molar-refractivity contribution >= 4 is 55.1 Å². The van der Waals surface area contributed by atoms with E-state index in [1.807, 2.05) is 0 Å². The Morgan fingerprint density at radius 2 is 1.67 bits per heavy atom. The molecule has 2 amide bonds. The molecule has 234 valence electrons. The Labute approximate surface area is 268 Å². The van der Waals surface area contributed by atoms with Crippen LogP contribution in [-0.2, 0) is 27.4 Å². The zero-order valence-corrected chi connectivity index (χ0v) is 26.2. The van der Waals surface area contributed by atoms with Crippen molar-refractivity contribution in [1.82, 2.24) is 4.31 Å². The number of carbonyl (C=O) groups excluding carboxylic acids is 2. The first-order valence-corrected chi connectivity index (χ1v) is 15.7. The fraction of sp³-hybridized carbons (Fsp3) is 0.161. The van der Waals surface area contributed by atoms with Crippen LogP contribution in [0.15, 0.2) is 82.2 Å². The molecule has 0 radical (unpaired) electrons. The molecule has 1 N–H and O–H groups in total. The SMILES string of the molecule is Cc1ccc(S(=O)(=O)N2CC(c3cc(F)ccc3Cl)c3c(cc(Br)cc3NC(=O)c3cc(F)cc(C(F)(F)F)c3)CC2=O)cc1. The Morgan fingerprint density at radius 3 is 2.33 bits per heavy atom. The molecule has 14 heteroatoms. The summed E-state index contributed by atoms with van der Waals surface area (Å²) in [6, 6.07) is 13.5. The van der Waals surface area contributed by atoms with Gasteiger partial charge in [0.15, 0.2) is 0 Å². The van der Waals surface area contributed by atoms with Crippen LogP contribution in [0.3, 0.4) is 0 Å². The number of nitrogens with one attached hydrogen (secondary N) is 1. The van der Waals surface area contributed by atoms with Crippen molar-refractivity contribution in [2.75, 3.05) is 11.9 Å². The minimum Gasteiger partial charge on any atom is -0.322 e. The third kappa shape index (κ3) is 6.75. The molecular weight excluding hydrogens is 707 g/mol. The van der Waals surface area contributed by atoms with Gasteiger partial charge in [-0.05, 0) is 84.3 Å². The van der Waals surface area contributed by atoms with Crippen LogP contribution in [0.4, 0.5) is 27.6 Å². The van der Waals surface area contributed by atoms with E-state index in [-0.39, 0.29) is 38.4 Å². The highest BCUT2D eigenvalue weighted by atomic mass is 79.9. The fourth-order valence-electron chi connectivity index (χ4n) is 5.13. The summed E-state index contributed by atoms with van der Waals surface area (Å²) in [5.74, 6) is -5.13. The second-order valence-corrected chi connectivity index (χ2v) is 13.5. The summed E-state index contributed by atoms with van der Waals surface area (Å²) >= 11 is 9.77. The molecule has 4 aromatic carbocycles. The van der Waals surface area contributed by atoms with Crippen molar-refractivity contribution < 1.29 is 40.0 Å². The van der Waals surface area contributed by atoms with Crippen LogP contribution in [0.25, 0.3) is 0 Å². The molecule has 1 aliphatic rings. The molecule has 1 aliphatic heterocycles. The molecule has 0 aliphatic carbocycles. The summed E-state index contributed by atoms with van der Waals surface area (Å²) in [7, 11) is -4.45. The smallest absolute Gasteiger partial charge is 0.322 e.